The lowest BCUT2D eigenvalue weighted by molar-refractivity contribution is 0.565. The largest absolute Gasteiger partial charge is 0.370 e. The standard InChI is InChI=1S/C25H21FN2/c26-22-14-16-23(17-15-22)28-25(21-11-5-2-6-12-21,24-13-7-8-18-27-24)19-20-9-3-1-4-10-20/h1-18,28H,19H2. The van der Waals surface area contributed by atoms with Crippen molar-refractivity contribution in [3.05, 3.63) is 132 Å². The van der Waals surface area contributed by atoms with Crippen molar-refractivity contribution in [2.75, 3.05) is 5.32 Å². The van der Waals surface area contributed by atoms with Gasteiger partial charge in [0.2, 0.25) is 0 Å². The Labute approximate surface area is 164 Å². The van der Waals surface area contributed by atoms with Crippen molar-refractivity contribution in [1.82, 2.24) is 4.98 Å². The lowest BCUT2D eigenvalue weighted by atomic mass is 9.80. The molecule has 0 spiro atoms. The van der Waals surface area contributed by atoms with Crippen LogP contribution < -0.4 is 5.32 Å². The molecule has 0 saturated heterocycles. The van der Waals surface area contributed by atoms with Crippen molar-refractivity contribution in [3.63, 3.8) is 0 Å². The van der Waals surface area contributed by atoms with E-state index in [4.69, 9.17) is 4.98 Å². The third-order valence-electron chi connectivity index (χ3n) is 4.88. The molecule has 0 aliphatic carbocycles. The van der Waals surface area contributed by atoms with Gasteiger partial charge in [0.15, 0.2) is 0 Å². The number of pyridine rings is 1. The number of hydrogen-bond acceptors (Lipinski definition) is 2. The molecule has 1 atom stereocenters. The van der Waals surface area contributed by atoms with Gasteiger partial charge < -0.3 is 5.32 Å². The van der Waals surface area contributed by atoms with E-state index in [0.29, 0.717) is 6.42 Å². The molecule has 1 unspecified atom stereocenters. The molecule has 138 valence electrons. The molecular formula is C25H21FN2. The molecule has 0 amide bonds. The minimum absolute atomic E-state index is 0.253. The third kappa shape index (κ3) is 3.79. The van der Waals surface area contributed by atoms with Gasteiger partial charge in [0.25, 0.3) is 0 Å². The predicted molar refractivity (Wildman–Crippen MR) is 112 cm³/mol. The van der Waals surface area contributed by atoms with E-state index in [1.165, 1.54) is 17.7 Å². The van der Waals surface area contributed by atoms with Crippen LogP contribution >= 0.6 is 0 Å². The van der Waals surface area contributed by atoms with Crippen LogP contribution in [0.2, 0.25) is 0 Å². The summed E-state index contributed by atoms with van der Waals surface area (Å²) >= 11 is 0. The molecule has 4 rings (SSSR count). The third-order valence-corrected chi connectivity index (χ3v) is 4.88. The first-order valence-electron chi connectivity index (χ1n) is 9.31. The summed E-state index contributed by atoms with van der Waals surface area (Å²) in [4.78, 5) is 4.70. The Hall–Kier alpha value is -3.46. The number of halogens is 1. The fourth-order valence-electron chi connectivity index (χ4n) is 3.54. The number of hydrogen-bond donors (Lipinski definition) is 1. The van der Waals surface area contributed by atoms with Crippen LogP contribution in [0.4, 0.5) is 10.1 Å². The summed E-state index contributed by atoms with van der Waals surface area (Å²) in [5.74, 6) is -0.253. The SMILES string of the molecule is Fc1ccc(NC(Cc2ccccc2)(c2ccccc2)c2ccccn2)cc1. The first-order chi connectivity index (χ1) is 13.8. The zero-order valence-corrected chi connectivity index (χ0v) is 15.4. The van der Waals surface area contributed by atoms with Gasteiger partial charge >= 0.3 is 0 Å². The quantitative estimate of drug-likeness (QED) is 0.464. The summed E-state index contributed by atoms with van der Waals surface area (Å²) in [6.45, 7) is 0. The number of nitrogens with one attached hydrogen (secondary N) is 1. The van der Waals surface area contributed by atoms with Gasteiger partial charge in [0.05, 0.1) is 5.69 Å². The number of rotatable bonds is 6. The molecule has 3 heteroatoms. The Kier molecular flexibility index (Phi) is 5.16. The molecule has 0 aliphatic heterocycles. The van der Waals surface area contributed by atoms with Crippen molar-refractivity contribution in [2.24, 2.45) is 0 Å². The van der Waals surface area contributed by atoms with Crippen LogP contribution in [0, 0.1) is 5.82 Å². The van der Waals surface area contributed by atoms with E-state index in [0.717, 1.165) is 16.9 Å². The zero-order chi connectivity index (χ0) is 19.2. The Balaban J connectivity index is 1.89. The maximum Gasteiger partial charge on any atom is 0.123 e. The summed E-state index contributed by atoms with van der Waals surface area (Å²) in [6.07, 6.45) is 2.51. The number of benzene rings is 3. The van der Waals surface area contributed by atoms with E-state index in [9.17, 15) is 4.39 Å². The second kappa shape index (κ2) is 8.05. The van der Waals surface area contributed by atoms with Crippen molar-refractivity contribution >= 4 is 5.69 Å². The lowest BCUT2D eigenvalue weighted by Gasteiger charge is -2.36. The molecule has 3 aromatic carbocycles. The predicted octanol–water partition coefficient (Wildman–Crippen LogP) is 5.82. The molecule has 4 aromatic rings. The van der Waals surface area contributed by atoms with Crippen LogP contribution in [0.1, 0.15) is 16.8 Å². The minimum atomic E-state index is -0.596. The van der Waals surface area contributed by atoms with E-state index in [1.807, 2.05) is 60.8 Å². The molecule has 0 saturated carbocycles. The molecule has 0 radical (unpaired) electrons. The maximum atomic E-state index is 13.5. The van der Waals surface area contributed by atoms with Crippen molar-refractivity contribution < 1.29 is 4.39 Å². The molecule has 2 nitrogen and oxygen atoms in total. The maximum absolute atomic E-state index is 13.5. The number of anilines is 1. The Morgan fingerprint density at radius 3 is 2.00 bits per heavy atom. The summed E-state index contributed by atoms with van der Waals surface area (Å²) in [5.41, 5.74) is 3.44. The Morgan fingerprint density at radius 1 is 0.714 bits per heavy atom. The van der Waals surface area contributed by atoms with Gasteiger partial charge in [-0.2, -0.15) is 0 Å². The molecule has 0 aliphatic rings. The highest BCUT2D eigenvalue weighted by Crippen LogP contribution is 2.36. The Morgan fingerprint density at radius 2 is 1.36 bits per heavy atom. The normalized spacial score (nSPS) is 12.9. The molecule has 0 fully saturated rings. The monoisotopic (exact) mass is 368 g/mol. The second-order valence-corrected chi connectivity index (χ2v) is 6.78. The Bertz CT molecular complexity index is 961. The van der Waals surface area contributed by atoms with Gasteiger partial charge in [0.1, 0.15) is 11.4 Å². The van der Waals surface area contributed by atoms with Gasteiger partial charge in [-0.3, -0.25) is 4.98 Å². The van der Waals surface area contributed by atoms with Crippen molar-refractivity contribution in [3.8, 4) is 0 Å². The zero-order valence-electron chi connectivity index (χ0n) is 15.4. The van der Waals surface area contributed by atoms with Gasteiger partial charge in [-0.05, 0) is 47.5 Å². The van der Waals surface area contributed by atoms with E-state index in [2.05, 4.69) is 29.6 Å². The molecule has 28 heavy (non-hydrogen) atoms. The molecule has 1 N–H and O–H groups in total. The van der Waals surface area contributed by atoms with E-state index in [-0.39, 0.29) is 5.82 Å². The summed E-state index contributed by atoms with van der Waals surface area (Å²) in [7, 11) is 0. The topological polar surface area (TPSA) is 24.9 Å². The molecule has 1 heterocycles. The average Bonchev–Trinajstić information content (AvgIpc) is 2.77. The first kappa shape index (κ1) is 17.9. The van der Waals surface area contributed by atoms with E-state index in [1.54, 1.807) is 12.1 Å². The van der Waals surface area contributed by atoms with Crippen LogP contribution in [0.25, 0.3) is 0 Å². The highest BCUT2D eigenvalue weighted by atomic mass is 19.1. The summed E-state index contributed by atoms with van der Waals surface area (Å²) in [5, 5.41) is 3.67. The smallest absolute Gasteiger partial charge is 0.123 e. The van der Waals surface area contributed by atoms with Crippen LogP contribution in [-0.4, -0.2) is 4.98 Å². The average molecular weight is 368 g/mol. The fourth-order valence-corrected chi connectivity index (χ4v) is 3.54. The molecular weight excluding hydrogens is 347 g/mol. The summed E-state index contributed by atoms with van der Waals surface area (Å²) < 4.78 is 13.5. The fraction of sp³-hybridized carbons (Fsp3) is 0.0800. The van der Waals surface area contributed by atoms with Gasteiger partial charge in [-0.1, -0.05) is 66.7 Å². The van der Waals surface area contributed by atoms with Crippen LogP contribution in [0.15, 0.2) is 109 Å². The molecule has 0 bridgehead atoms. The van der Waals surface area contributed by atoms with Crippen LogP contribution in [0.5, 0.6) is 0 Å². The van der Waals surface area contributed by atoms with Gasteiger partial charge in [0, 0.05) is 18.3 Å². The highest BCUT2D eigenvalue weighted by molar-refractivity contribution is 5.53. The second-order valence-electron chi connectivity index (χ2n) is 6.78. The highest BCUT2D eigenvalue weighted by Gasteiger charge is 2.36. The van der Waals surface area contributed by atoms with Crippen LogP contribution in [-0.2, 0) is 12.0 Å². The lowest BCUT2D eigenvalue weighted by Crippen LogP contribution is -2.40. The minimum Gasteiger partial charge on any atom is -0.370 e. The van der Waals surface area contributed by atoms with Gasteiger partial charge in [-0.25, -0.2) is 4.39 Å². The molecule has 1 aromatic heterocycles. The van der Waals surface area contributed by atoms with Crippen molar-refractivity contribution in [2.45, 2.75) is 12.0 Å². The van der Waals surface area contributed by atoms with E-state index >= 15 is 0 Å². The number of aromatic nitrogens is 1. The van der Waals surface area contributed by atoms with Crippen molar-refractivity contribution in [1.29, 1.82) is 0 Å². The van der Waals surface area contributed by atoms with E-state index < -0.39 is 5.54 Å². The summed E-state index contributed by atoms with van der Waals surface area (Å²) in [6, 6.07) is 33.0. The number of nitrogens with zero attached hydrogens (tertiary/aromatic N) is 1. The van der Waals surface area contributed by atoms with Crippen LogP contribution in [0.3, 0.4) is 0 Å². The first-order valence-corrected chi connectivity index (χ1v) is 9.31. The van der Waals surface area contributed by atoms with Gasteiger partial charge in [-0.15, -0.1) is 0 Å².